The summed E-state index contributed by atoms with van der Waals surface area (Å²) < 4.78 is 74.7. The first kappa shape index (κ1) is 15.3. The van der Waals surface area contributed by atoms with Crippen molar-refractivity contribution in [3.05, 3.63) is 21.9 Å². The lowest BCUT2D eigenvalue weighted by Gasteiger charge is -2.27. The van der Waals surface area contributed by atoms with Gasteiger partial charge in [-0.1, -0.05) is 6.92 Å². The zero-order valence-corrected chi connectivity index (χ0v) is 10.1. The fraction of sp³-hybridized carbons (Fsp3) is 0.600. The highest BCUT2D eigenvalue weighted by Gasteiger charge is 2.59. The van der Waals surface area contributed by atoms with E-state index >= 15 is 0 Å². The Morgan fingerprint density at radius 1 is 1.11 bits per heavy atom. The fourth-order valence-corrected chi connectivity index (χ4v) is 2.51. The van der Waals surface area contributed by atoms with Crippen LogP contribution in [0.15, 0.2) is 12.1 Å². The van der Waals surface area contributed by atoms with Crippen molar-refractivity contribution in [3.8, 4) is 0 Å². The highest BCUT2D eigenvalue weighted by molar-refractivity contribution is 7.12. The zero-order valence-electron chi connectivity index (χ0n) is 9.27. The van der Waals surface area contributed by atoms with Gasteiger partial charge in [0.2, 0.25) is 0 Å². The normalized spacial score (nSPS) is 15.2. The number of hydrogen-bond donors (Lipinski definition) is 1. The summed E-state index contributed by atoms with van der Waals surface area (Å²) in [5.41, 5.74) is 5.15. The van der Waals surface area contributed by atoms with Crippen LogP contribution in [0.25, 0.3) is 0 Å². The van der Waals surface area contributed by atoms with E-state index in [9.17, 15) is 26.3 Å². The number of nitrogens with two attached hydrogens (primary N) is 1. The van der Waals surface area contributed by atoms with Crippen LogP contribution in [0, 0.1) is 5.92 Å². The van der Waals surface area contributed by atoms with Crippen LogP contribution in [-0.4, -0.2) is 12.4 Å². The Hall–Kier alpha value is -0.760. The van der Waals surface area contributed by atoms with Gasteiger partial charge in [-0.2, -0.15) is 26.3 Å². The smallest absolute Gasteiger partial charge is 0.322 e. The molecule has 0 bridgehead atoms. The van der Waals surface area contributed by atoms with Crippen molar-refractivity contribution < 1.29 is 26.3 Å². The molecule has 1 unspecified atom stereocenters. The van der Waals surface area contributed by atoms with Gasteiger partial charge in [0.05, 0.1) is 6.04 Å². The summed E-state index contributed by atoms with van der Waals surface area (Å²) in [7, 11) is 0. The van der Waals surface area contributed by atoms with Gasteiger partial charge >= 0.3 is 12.4 Å². The van der Waals surface area contributed by atoms with E-state index in [0.29, 0.717) is 11.3 Å². The highest BCUT2D eigenvalue weighted by Crippen LogP contribution is 2.46. The van der Waals surface area contributed by atoms with Gasteiger partial charge in [-0.25, -0.2) is 0 Å². The number of hydrogen-bond acceptors (Lipinski definition) is 2. The van der Waals surface area contributed by atoms with Crippen molar-refractivity contribution >= 4 is 11.3 Å². The average molecular weight is 291 g/mol. The Morgan fingerprint density at radius 3 is 1.94 bits per heavy atom. The molecule has 8 heteroatoms. The van der Waals surface area contributed by atoms with Gasteiger partial charge in [-0.3, -0.25) is 0 Å². The predicted octanol–water partition coefficient (Wildman–Crippen LogP) is 4.05. The Morgan fingerprint density at radius 2 is 1.61 bits per heavy atom. The van der Waals surface area contributed by atoms with Gasteiger partial charge in [0.15, 0.2) is 5.92 Å². The number of thiophene rings is 1. The van der Waals surface area contributed by atoms with E-state index in [-0.39, 0.29) is 4.88 Å². The molecule has 1 atom stereocenters. The second kappa shape index (κ2) is 5.08. The van der Waals surface area contributed by atoms with Crippen molar-refractivity contribution in [1.29, 1.82) is 0 Å². The molecule has 0 aliphatic heterocycles. The van der Waals surface area contributed by atoms with Crippen molar-refractivity contribution in [1.82, 2.24) is 0 Å². The Kier molecular flexibility index (Phi) is 4.32. The molecule has 1 aromatic rings. The summed E-state index contributed by atoms with van der Waals surface area (Å²) in [5.74, 6) is -3.53. The first-order valence-electron chi connectivity index (χ1n) is 5.05. The Labute approximate surface area is 104 Å². The number of rotatable bonds is 3. The minimum absolute atomic E-state index is 0.105. The molecule has 1 nitrogen and oxygen atoms in total. The monoisotopic (exact) mass is 291 g/mol. The van der Waals surface area contributed by atoms with E-state index in [1.807, 2.05) is 0 Å². The fourth-order valence-electron chi connectivity index (χ4n) is 1.52. The molecule has 18 heavy (non-hydrogen) atoms. The molecule has 0 radical (unpaired) electrons. The molecule has 0 saturated heterocycles. The Bertz CT molecular complexity index is 380. The van der Waals surface area contributed by atoms with Gasteiger partial charge < -0.3 is 5.73 Å². The maximum Gasteiger partial charge on any atom is 0.402 e. The minimum atomic E-state index is -5.41. The summed E-state index contributed by atoms with van der Waals surface area (Å²) in [6, 6.07) is 0.595. The highest BCUT2D eigenvalue weighted by atomic mass is 32.1. The first-order valence-corrected chi connectivity index (χ1v) is 5.86. The number of alkyl halides is 6. The summed E-state index contributed by atoms with van der Waals surface area (Å²) in [4.78, 5) is 0.593. The number of aryl methyl sites for hydroxylation is 1. The van der Waals surface area contributed by atoms with E-state index < -0.39 is 24.3 Å². The molecule has 0 aliphatic rings. The Balaban J connectivity index is 3.07. The molecule has 0 saturated carbocycles. The molecule has 104 valence electrons. The van der Waals surface area contributed by atoms with Gasteiger partial charge in [0, 0.05) is 9.75 Å². The topological polar surface area (TPSA) is 26.0 Å². The largest absolute Gasteiger partial charge is 0.402 e. The van der Waals surface area contributed by atoms with E-state index in [4.69, 9.17) is 5.73 Å². The third kappa shape index (κ3) is 3.38. The van der Waals surface area contributed by atoms with Crippen molar-refractivity contribution in [2.75, 3.05) is 0 Å². The van der Waals surface area contributed by atoms with Crippen LogP contribution in [0.3, 0.4) is 0 Å². The van der Waals surface area contributed by atoms with Crippen molar-refractivity contribution in [2.45, 2.75) is 31.7 Å². The molecule has 0 spiro atoms. The molecular weight excluding hydrogens is 280 g/mol. The molecule has 1 aromatic heterocycles. The third-order valence-corrected chi connectivity index (χ3v) is 3.75. The first-order chi connectivity index (χ1) is 8.07. The van der Waals surface area contributed by atoms with E-state index in [1.165, 1.54) is 12.1 Å². The van der Waals surface area contributed by atoms with Crippen LogP contribution in [0.1, 0.15) is 22.7 Å². The number of halogens is 6. The SMILES string of the molecule is CCc1ccc(C(N)C(C(F)(F)F)C(F)(F)F)s1. The minimum Gasteiger partial charge on any atom is -0.322 e. The molecule has 1 heterocycles. The zero-order chi connectivity index (χ0) is 14.1. The van der Waals surface area contributed by atoms with Gasteiger partial charge in [-0.15, -0.1) is 11.3 Å². The lowest BCUT2D eigenvalue weighted by molar-refractivity contribution is -0.290. The van der Waals surface area contributed by atoms with Crippen molar-refractivity contribution in [3.63, 3.8) is 0 Å². The second-order valence-corrected chi connectivity index (χ2v) is 4.94. The van der Waals surface area contributed by atoms with Crippen molar-refractivity contribution in [2.24, 2.45) is 11.7 Å². The van der Waals surface area contributed by atoms with Gasteiger partial charge in [0.25, 0.3) is 0 Å². The molecule has 0 amide bonds. The predicted molar refractivity (Wildman–Crippen MR) is 56.2 cm³/mol. The third-order valence-electron chi connectivity index (χ3n) is 2.42. The van der Waals surface area contributed by atoms with Crippen LogP contribution in [-0.2, 0) is 6.42 Å². The van der Waals surface area contributed by atoms with Gasteiger partial charge in [0.1, 0.15) is 0 Å². The molecular formula is C10H11F6NS. The second-order valence-electron chi connectivity index (χ2n) is 3.74. The standard InChI is InChI=1S/C10H11F6NS/c1-2-5-3-4-6(18-5)7(17)8(9(11,12)13)10(14,15)16/h3-4,7-8H,2,17H2,1H3. The van der Waals surface area contributed by atoms with E-state index in [2.05, 4.69) is 0 Å². The van der Waals surface area contributed by atoms with Crippen LogP contribution in [0.2, 0.25) is 0 Å². The lowest BCUT2D eigenvalue weighted by Crippen LogP contribution is -2.43. The van der Waals surface area contributed by atoms with Gasteiger partial charge in [-0.05, 0) is 18.6 Å². The summed E-state index contributed by atoms with van der Waals surface area (Å²) in [6.45, 7) is 1.76. The lowest BCUT2D eigenvalue weighted by atomic mass is 9.98. The molecule has 0 fully saturated rings. The summed E-state index contributed by atoms with van der Waals surface area (Å²) in [5, 5.41) is 0. The summed E-state index contributed by atoms with van der Waals surface area (Å²) >= 11 is 0.877. The summed E-state index contributed by atoms with van der Waals surface area (Å²) in [6.07, 6.45) is -10.3. The maximum absolute atomic E-state index is 12.4. The van der Waals surface area contributed by atoms with Crippen LogP contribution >= 0.6 is 11.3 Å². The van der Waals surface area contributed by atoms with Crippen LogP contribution < -0.4 is 5.73 Å². The maximum atomic E-state index is 12.4. The van der Waals surface area contributed by atoms with E-state index in [1.54, 1.807) is 6.92 Å². The molecule has 0 aliphatic carbocycles. The van der Waals surface area contributed by atoms with Crippen LogP contribution in [0.4, 0.5) is 26.3 Å². The quantitative estimate of drug-likeness (QED) is 0.835. The average Bonchev–Trinajstić information content (AvgIpc) is 2.60. The molecule has 0 aromatic carbocycles. The van der Waals surface area contributed by atoms with Crippen LogP contribution in [0.5, 0.6) is 0 Å². The molecule has 1 rings (SSSR count). The molecule has 2 N–H and O–H groups in total. The van der Waals surface area contributed by atoms with E-state index in [0.717, 1.165) is 11.3 Å².